The molecule has 0 amide bonds. The fraction of sp³-hybridized carbons (Fsp3) is 1.00. The Morgan fingerprint density at radius 2 is 1.68 bits per heavy atom. The van der Waals surface area contributed by atoms with E-state index in [1.807, 2.05) is 0 Å². The fourth-order valence-corrected chi connectivity index (χ4v) is 4.13. The largest absolute Gasteiger partial charge is 0.303 e. The normalized spacial score (nSPS) is 28.9. The van der Waals surface area contributed by atoms with Crippen molar-refractivity contribution in [2.75, 3.05) is 32.7 Å². The van der Waals surface area contributed by atoms with Crippen molar-refractivity contribution >= 4 is 0 Å². The fourth-order valence-electron chi connectivity index (χ4n) is 4.13. The van der Waals surface area contributed by atoms with Crippen LogP contribution >= 0.6 is 0 Å². The Morgan fingerprint density at radius 1 is 1.00 bits per heavy atom. The number of hydrogen-bond donors (Lipinski definition) is 0. The number of piperidine rings is 2. The Hall–Kier alpha value is -0.220. The van der Waals surface area contributed by atoms with E-state index in [0.717, 1.165) is 19.5 Å². The Labute approximate surface area is 135 Å². The van der Waals surface area contributed by atoms with Crippen molar-refractivity contribution in [2.45, 2.75) is 71.3 Å². The van der Waals surface area contributed by atoms with Crippen LogP contribution in [0.4, 0.5) is 8.78 Å². The average molecular weight is 316 g/mol. The molecular formula is C18H34F2N2. The van der Waals surface area contributed by atoms with Crippen LogP contribution in [-0.4, -0.2) is 54.5 Å². The van der Waals surface area contributed by atoms with E-state index in [9.17, 15) is 8.78 Å². The van der Waals surface area contributed by atoms with Gasteiger partial charge in [0.15, 0.2) is 0 Å². The van der Waals surface area contributed by atoms with Gasteiger partial charge in [0.25, 0.3) is 5.92 Å². The minimum absolute atomic E-state index is 0.0384. The molecule has 2 aliphatic rings. The summed E-state index contributed by atoms with van der Waals surface area (Å²) in [6.45, 7) is 11.6. The van der Waals surface area contributed by atoms with Gasteiger partial charge < -0.3 is 4.90 Å². The van der Waals surface area contributed by atoms with Crippen molar-refractivity contribution in [1.29, 1.82) is 0 Å². The molecule has 130 valence electrons. The van der Waals surface area contributed by atoms with Crippen LogP contribution in [0.25, 0.3) is 0 Å². The average Bonchev–Trinajstić information content (AvgIpc) is 2.42. The summed E-state index contributed by atoms with van der Waals surface area (Å²) in [7, 11) is 0. The van der Waals surface area contributed by atoms with Crippen LogP contribution in [-0.2, 0) is 0 Å². The summed E-state index contributed by atoms with van der Waals surface area (Å²) in [5, 5.41) is 0. The molecule has 0 aliphatic carbocycles. The highest BCUT2D eigenvalue weighted by molar-refractivity contribution is 4.88. The van der Waals surface area contributed by atoms with Crippen molar-refractivity contribution < 1.29 is 8.78 Å². The van der Waals surface area contributed by atoms with Crippen LogP contribution in [0.1, 0.15) is 59.3 Å². The van der Waals surface area contributed by atoms with Gasteiger partial charge in [-0.2, -0.15) is 0 Å². The summed E-state index contributed by atoms with van der Waals surface area (Å²) in [6.07, 6.45) is 4.96. The van der Waals surface area contributed by atoms with Crippen LogP contribution < -0.4 is 0 Å². The quantitative estimate of drug-likeness (QED) is 0.722. The lowest BCUT2D eigenvalue weighted by Crippen LogP contribution is -2.49. The van der Waals surface area contributed by atoms with Crippen molar-refractivity contribution in [3.63, 3.8) is 0 Å². The van der Waals surface area contributed by atoms with E-state index in [0.29, 0.717) is 18.4 Å². The summed E-state index contributed by atoms with van der Waals surface area (Å²) >= 11 is 0. The second-order valence-corrected chi connectivity index (χ2v) is 8.05. The second-order valence-electron chi connectivity index (χ2n) is 8.05. The molecule has 0 N–H and O–H groups in total. The molecule has 2 saturated heterocycles. The molecular weight excluding hydrogens is 282 g/mol. The molecule has 2 nitrogen and oxygen atoms in total. The molecule has 2 heterocycles. The van der Waals surface area contributed by atoms with Gasteiger partial charge in [-0.1, -0.05) is 27.2 Å². The van der Waals surface area contributed by atoms with Gasteiger partial charge in [-0.05, 0) is 44.2 Å². The predicted octanol–water partition coefficient (Wildman–Crippen LogP) is 4.25. The molecule has 0 saturated carbocycles. The SMILES string of the molecule is CC(C)CN1CCC(F)(F)CC1C[C@@H](C)CN1CCCCC1. The van der Waals surface area contributed by atoms with Crippen LogP contribution in [0.15, 0.2) is 0 Å². The summed E-state index contributed by atoms with van der Waals surface area (Å²) in [6, 6.07) is 0.0611. The van der Waals surface area contributed by atoms with Gasteiger partial charge in [0.05, 0.1) is 0 Å². The monoisotopic (exact) mass is 316 g/mol. The molecule has 2 fully saturated rings. The van der Waals surface area contributed by atoms with Gasteiger partial charge in [0, 0.05) is 38.5 Å². The molecule has 22 heavy (non-hydrogen) atoms. The number of likely N-dealkylation sites (tertiary alicyclic amines) is 2. The van der Waals surface area contributed by atoms with Gasteiger partial charge in [-0.3, -0.25) is 4.90 Å². The minimum atomic E-state index is -2.46. The molecule has 0 aromatic heterocycles. The molecule has 0 radical (unpaired) electrons. The van der Waals surface area contributed by atoms with E-state index in [4.69, 9.17) is 0 Å². The van der Waals surface area contributed by atoms with E-state index < -0.39 is 5.92 Å². The summed E-state index contributed by atoms with van der Waals surface area (Å²) in [5.41, 5.74) is 0. The molecule has 2 aliphatic heterocycles. The first-order valence-corrected chi connectivity index (χ1v) is 9.20. The zero-order valence-corrected chi connectivity index (χ0v) is 14.7. The Bertz CT molecular complexity index is 327. The van der Waals surface area contributed by atoms with Crippen molar-refractivity contribution in [3.05, 3.63) is 0 Å². The highest BCUT2D eigenvalue weighted by Crippen LogP contribution is 2.34. The molecule has 0 spiro atoms. The van der Waals surface area contributed by atoms with E-state index in [-0.39, 0.29) is 18.9 Å². The number of halogens is 2. The van der Waals surface area contributed by atoms with Gasteiger partial charge in [-0.15, -0.1) is 0 Å². The number of hydrogen-bond acceptors (Lipinski definition) is 2. The highest BCUT2D eigenvalue weighted by Gasteiger charge is 2.40. The second kappa shape index (κ2) is 8.05. The van der Waals surface area contributed by atoms with Crippen LogP contribution in [0.5, 0.6) is 0 Å². The van der Waals surface area contributed by atoms with E-state index in [1.165, 1.54) is 32.4 Å². The first-order valence-electron chi connectivity index (χ1n) is 9.20. The zero-order chi connectivity index (χ0) is 16.2. The van der Waals surface area contributed by atoms with Gasteiger partial charge in [0.1, 0.15) is 0 Å². The van der Waals surface area contributed by atoms with Gasteiger partial charge >= 0.3 is 0 Å². The van der Waals surface area contributed by atoms with Crippen molar-refractivity contribution in [3.8, 4) is 0 Å². The summed E-state index contributed by atoms with van der Waals surface area (Å²) in [5.74, 6) is -1.40. The first kappa shape index (κ1) is 18.1. The Kier molecular flexibility index (Phi) is 6.63. The lowest BCUT2D eigenvalue weighted by atomic mass is 9.90. The lowest BCUT2D eigenvalue weighted by Gasteiger charge is -2.42. The highest BCUT2D eigenvalue weighted by atomic mass is 19.3. The molecule has 0 aromatic carbocycles. The van der Waals surface area contributed by atoms with E-state index in [1.54, 1.807) is 0 Å². The van der Waals surface area contributed by atoms with Crippen LogP contribution in [0.3, 0.4) is 0 Å². The zero-order valence-electron chi connectivity index (χ0n) is 14.7. The Morgan fingerprint density at radius 3 is 2.32 bits per heavy atom. The molecule has 0 bridgehead atoms. The number of nitrogens with zero attached hydrogens (tertiary/aromatic N) is 2. The number of alkyl halides is 2. The molecule has 2 rings (SSSR count). The summed E-state index contributed by atoms with van der Waals surface area (Å²) < 4.78 is 27.7. The first-order chi connectivity index (χ1) is 10.4. The Balaban J connectivity index is 1.87. The third-order valence-electron chi connectivity index (χ3n) is 5.11. The third kappa shape index (κ3) is 5.77. The molecule has 1 unspecified atom stereocenters. The smallest absolute Gasteiger partial charge is 0.250 e. The lowest BCUT2D eigenvalue weighted by molar-refractivity contribution is -0.0844. The third-order valence-corrected chi connectivity index (χ3v) is 5.11. The maximum absolute atomic E-state index is 13.8. The maximum Gasteiger partial charge on any atom is 0.250 e. The molecule has 4 heteroatoms. The van der Waals surface area contributed by atoms with Gasteiger partial charge in [-0.25, -0.2) is 8.78 Å². The van der Waals surface area contributed by atoms with Gasteiger partial charge in [0.2, 0.25) is 0 Å². The van der Waals surface area contributed by atoms with Crippen molar-refractivity contribution in [2.24, 2.45) is 11.8 Å². The summed E-state index contributed by atoms with van der Waals surface area (Å²) in [4.78, 5) is 4.86. The molecule has 2 atom stereocenters. The van der Waals surface area contributed by atoms with E-state index >= 15 is 0 Å². The van der Waals surface area contributed by atoms with Crippen LogP contribution in [0.2, 0.25) is 0 Å². The molecule has 0 aromatic rings. The standard InChI is InChI=1S/C18H34F2N2/c1-15(2)13-22-10-7-18(19,20)12-17(22)11-16(3)14-21-8-5-4-6-9-21/h15-17H,4-14H2,1-3H3/t16-,17?/m1/s1. The topological polar surface area (TPSA) is 6.48 Å². The minimum Gasteiger partial charge on any atom is -0.303 e. The number of rotatable bonds is 6. The predicted molar refractivity (Wildman–Crippen MR) is 88.5 cm³/mol. The van der Waals surface area contributed by atoms with E-state index in [2.05, 4.69) is 30.6 Å². The maximum atomic E-state index is 13.8. The van der Waals surface area contributed by atoms with Crippen molar-refractivity contribution in [1.82, 2.24) is 9.80 Å². The van der Waals surface area contributed by atoms with Crippen LogP contribution in [0, 0.1) is 11.8 Å².